The van der Waals surface area contributed by atoms with Gasteiger partial charge in [0.1, 0.15) is 0 Å². The zero-order valence-electron chi connectivity index (χ0n) is 8.47. The highest BCUT2D eigenvalue weighted by molar-refractivity contribution is 7.98. The first-order chi connectivity index (χ1) is 7.36. The number of rotatable bonds is 2. The predicted molar refractivity (Wildman–Crippen MR) is 61.1 cm³/mol. The molecule has 0 amide bonds. The molecule has 3 rings (SSSR count). The second kappa shape index (κ2) is 3.45. The van der Waals surface area contributed by atoms with E-state index in [1.54, 1.807) is 11.8 Å². The molecule has 2 aromatic heterocycles. The van der Waals surface area contributed by atoms with Crippen LogP contribution in [0.25, 0.3) is 10.9 Å². The summed E-state index contributed by atoms with van der Waals surface area (Å²) in [5.74, 6) is 0.689. The molecule has 4 heteroatoms. The molecule has 15 heavy (non-hydrogen) atoms. The van der Waals surface area contributed by atoms with Crippen molar-refractivity contribution in [1.29, 1.82) is 0 Å². The first-order valence-corrected chi connectivity index (χ1v) is 6.26. The first-order valence-electron chi connectivity index (χ1n) is 5.03. The van der Waals surface area contributed by atoms with Gasteiger partial charge in [-0.05, 0) is 25.2 Å². The van der Waals surface area contributed by atoms with Crippen LogP contribution in [0.3, 0.4) is 0 Å². The fraction of sp³-hybridized carbons (Fsp3) is 0.364. The Kier molecular flexibility index (Phi) is 2.09. The molecule has 1 aliphatic rings. The fourth-order valence-corrected chi connectivity index (χ4v) is 1.98. The van der Waals surface area contributed by atoms with Crippen LogP contribution in [-0.4, -0.2) is 21.2 Å². The molecule has 76 valence electrons. The summed E-state index contributed by atoms with van der Waals surface area (Å²) in [6, 6.07) is 2.12. The van der Waals surface area contributed by atoms with Crippen LogP contribution in [0.15, 0.2) is 23.6 Å². The summed E-state index contributed by atoms with van der Waals surface area (Å²) in [5.41, 5.74) is 2.14. The normalized spacial score (nSPS) is 15.8. The van der Waals surface area contributed by atoms with Gasteiger partial charge < -0.3 is 0 Å². The van der Waals surface area contributed by atoms with Crippen molar-refractivity contribution >= 4 is 22.7 Å². The number of aromatic nitrogens is 3. The lowest BCUT2D eigenvalue weighted by atomic mass is 10.2. The summed E-state index contributed by atoms with van der Waals surface area (Å²) in [6.45, 7) is 0. The highest BCUT2D eigenvalue weighted by Crippen LogP contribution is 2.39. The van der Waals surface area contributed by atoms with Gasteiger partial charge in [0.15, 0.2) is 5.16 Å². The van der Waals surface area contributed by atoms with Crippen molar-refractivity contribution in [3.8, 4) is 0 Å². The summed E-state index contributed by atoms with van der Waals surface area (Å²) in [7, 11) is 0. The first kappa shape index (κ1) is 9.09. The van der Waals surface area contributed by atoms with Crippen molar-refractivity contribution in [1.82, 2.24) is 15.0 Å². The molecule has 0 N–H and O–H groups in total. The van der Waals surface area contributed by atoms with E-state index in [0.717, 1.165) is 16.1 Å². The molecule has 0 radical (unpaired) electrons. The molecule has 0 unspecified atom stereocenters. The molecule has 0 atom stereocenters. The van der Waals surface area contributed by atoms with Crippen molar-refractivity contribution in [2.45, 2.75) is 23.9 Å². The molecule has 2 heterocycles. The van der Waals surface area contributed by atoms with Crippen molar-refractivity contribution in [2.24, 2.45) is 0 Å². The summed E-state index contributed by atoms with van der Waals surface area (Å²) in [5, 5.41) is 1.91. The summed E-state index contributed by atoms with van der Waals surface area (Å²) in [6.07, 6.45) is 8.30. The highest BCUT2D eigenvalue weighted by atomic mass is 32.2. The molecule has 1 saturated carbocycles. The van der Waals surface area contributed by atoms with E-state index in [1.165, 1.54) is 18.5 Å². The van der Waals surface area contributed by atoms with Crippen LogP contribution < -0.4 is 0 Å². The summed E-state index contributed by atoms with van der Waals surface area (Å²) in [4.78, 5) is 13.1. The smallest absolute Gasteiger partial charge is 0.187 e. The van der Waals surface area contributed by atoms with Crippen LogP contribution in [0, 0.1) is 0 Å². The molecule has 1 fully saturated rings. The Balaban J connectivity index is 2.11. The average Bonchev–Trinajstić information content (AvgIpc) is 3.11. The van der Waals surface area contributed by atoms with Crippen LogP contribution in [0.1, 0.15) is 24.5 Å². The Morgan fingerprint density at radius 2 is 2.13 bits per heavy atom. The van der Waals surface area contributed by atoms with Crippen LogP contribution in [0.2, 0.25) is 0 Å². The number of fused-ring (bicyclic) bond motifs is 1. The van der Waals surface area contributed by atoms with Gasteiger partial charge in [-0.15, -0.1) is 0 Å². The lowest BCUT2D eigenvalue weighted by molar-refractivity contribution is 0.985. The zero-order valence-corrected chi connectivity index (χ0v) is 9.29. The molecule has 0 aromatic carbocycles. The second-order valence-electron chi connectivity index (χ2n) is 3.80. The van der Waals surface area contributed by atoms with Gasteiger partial charge in [-0.1, -0.05) is 11.8 Å². The Hall–Kier alpha value is -1.16. The number of thioether (sulfide) groups is 1. The van der Waals surface area contributed by atoms with E-state index < -0.39 is 0 Å². The van der Waals surface area contributed by atoms with Gasteiger partial charge in [-0.3, -0.25) is 4.98 Å². The minimum absolute atomic E-state index is 0.689. The third kappa shape index (κ3) is 1.69. The van der Waals surface area contributed by atoms with Crippen LogP contribution in [0.4, 0.5) is 0 Å². The molecule has 0 spiro atoms. The third-order valence-electron chi connectivity index (χ3n) is 2.64. The van der Waals surface area contributed by atoms with Gasteiger partial charge in [0.25, 0.3) is 0 Å². The van der Waals surface area contributed by atoms with E-state index in [1.807, 2.05) is 18.6 Å². The van der Waals surface area contributed by atoms with E-state index in [-0.39, 0.29) is 0 Å². The SMILES string of the molecule is CSc1ncc2cc(C3CC3)ncc2n1. The minimum Gasteiger partial charge on any atom is -0.259 e. The fourth-order valence-electron chi connectivity index (χ4n) is 1.63. The Morgan fingerprint density at radius 3 is 2.87 bits per heavy atom. The largest absolute Gasteiger partial charge is 0.259 e. The van der Waals surface area contributed by atoms with Crippen LogP contribution in [-0.2, 0) is 0 Å². The highest BCUT2D eigenvalue weighted by Gasteiger charge is 2.24. The Bertz CT molecular complexity index is 508. The number of hydrogen-bond acceptors (Lipinski definition) is 4. The lowest BCUT2D eigenvalue weighted by Crippen LogP contribution is -1.91. The quantitative estimate of drug-likeness (QED) is 0.572. The van der Waals surface area contributed by atoms with E-state index in [2.05, 4.69) is 21.0 Å². The van der Waals surface area contributed by atoms with E-state index in [4.69, 9.17) is 0 Å². The van der Waals surface area contributed by atoms with E-state index in [0.29, 0.717) is 5.92 Å². The molecular weight excluding hydrogens is 206 g/mol. The molecule has 1 aliphatic carbocycles. The van der Waals surface area contributed by atoms with Gasteiger partial charge in [-0.25, -0.2) is 9.97 Å². The Morgan fingerprint density at radius 1 is 1.27 bits per heavy atom. The van der Waals surface area contributed by atoms with Gasteiger partial charge in [0, 0.05) is 23.2 Å². The van der Waals surface area contributed by atoms with Crippen molar-refractivity contribution in [3.05, 3.63) is 24.2 Å². The standard InChI is InChI=1S/C11H11N3S/c1-15-11-13-5-8-4-9(7-2-3-7)12-6-10(8)14-11/h4-7H,2-3H2,1H3. The lowest BCUT2D eigenvalue weighted by Gasteiger charge is -2.01. The zero-order chi connectivity index (χ0) is 10.3. The number of pyridine rings is 1. The summed E-state index contributed by atoms with van der Waals surface area (Å²) < 4.78 is 0. The van der Waals surface area contributed by atoms with Gasteiger partial charge in [0.05, 0.1) is 11.7 Å². The molecular formula is C11H11N3S. The molecule has 3 nitrogen and oxygen atoms in total. The Labute approximate surface area is 92.3 Å². The maximum atomic E-state index is 4.44. The maximum absolute atomic E-state index is 4.44. The molecule has 2 aromatic rings. The molecule has 0 aliphatic heterocycles. The van der Waals surface area contributed by atoms with E-state index in [9.17, 15) is 0 Å². The summed E-state index contributed by atoms with van der Waals surface area (Å²) >= 11 is 1.56. The third-order valence-corrected chi connectivity index (χ3v) is 3.21. The molecule has 0 saturated heterocycles. The molecule has 0 bridgehead atoms. The van der Waals surface area contributed by atoms with Crippen LogP contribution in [0.5, 0.6) is 0 Å². The number of nitrogens with zero attached hydrogens (tertiary/aromatic N) is 3. The average molecular weight is 217 g/mol. The number of hydrogen-bond donors (Lipinski definition) is 0. The van der Waals surface area contributed by atoms with Crippen molar-refractivity contribution in [3.63, 3.8) is 0 Å². The van der Waals surface area contributed by atoms with Crippen LogP contribution >= 0.6 is 11.8 Å². The van der Waals surface area contributed by atoms with E-state index >= 15 is 0 Å². The minimum atomic E-state index is 0.689. The van der Waals surface area contributed by atoms with Gasteiger partial charge in [-0.2, -0.15) is 0 Å². The van der Waals surface area contributed by atoms with Gasteiger partial charge >= 0.3 is 0 Å². The maximum Gasteiger partial charge on any atom is 0.187 e. The second-order valence-corrected chi connectivity index (χ2v) is 4.57. The predicted octanol–water partition coefficient (Wildman–Crippen LogP) is 2.62. The van der Waals surface area contributed by atoms with Gasteiger partial charge in [0.2, 0.25) is 0 Å². The topological polar surface area (TPSA) is 38.7 Å². The van der Waals surface area contributed by atoms with Crippen molar-refractivity contribution in [2.75, 3.05) is 6.26 Å². The monoisotopic (exact) mass is 217 g/mol. The van der Waals surface area contributed by atoms with Crippen molar-refractivity contribution < 1.29 is 0 Å².